The van der Waals surface area contributed by atoms with Gasteiger partial charge in [0.15, 0.2) is 0 Å². The summed E-state index contributed by atoms with van der Waals surface area (Å²) in [5, 5.41) is 24.2. The fourth-order valence-corrected chi connectivity index (χ4v) is 4.00. The maximum Gasteiger partial charge on any atom is 0.339 e. The minimum Gasteiger partial charge on any atom is -0.478 e. The zero-order valence-corrected chi connectivity index (χ0v) is 17.8. The lowest BCUT2D eigenvalue weighted by molar-refractivity contribution is -0.112. The van der Waals surface area contributed by atoms with Crippen molar-refractivity contribution in [2.75, 3.05) is 5.32 Å². The zero-order valence-electron chi connectivity index (χ0n) is 16.2. The number of halogens is 1. The molecule has 1 saturated carbocycles. The van der Waals surface area contributed by atoms with Crippen LogP contribution < -0.4 is 5.32 Å². The molecule has 30 heavy (non-hydrogen) atoms. The lowest BCUT2D eigenvalue weighted by atomic mass is 10.0. The van der Waals surface area contributed by atoms with Crippen molar-refractivity contribution in [1.82, 2.24) is 0 Å². The smallest absolute Gasteiger partial charge is 0.339 e. The Labute approximate surface area is 183 Å². The first-order valence-electron chi connectivity index (χ1n) is 9.31. The van der Waals surface area contributed by atoms with Gasteiger partial charge in [0, 0.05) is 16.0 Å². The van der Waals surface area contributed by atoms with E-state index in [4.69, 9.17) is 11.6 Å². The normalized spacial score (nSPS) is 14.6. The van der Waals surface area contributed by atoms with Crippen molar-refractivity contribution < 1.29 is 14.7 Å². The van der Waals surface area contributed by atoms with Gasteiger partial charge in [-0.25, -0.2) is 4.79 Å². The average molecular weight is 439 g/mol. The van der Waals surface area contributed by atoms with E-state index < -0.39 is 11.9 Å². The summed E-state index contributed by atoms with van der Waals surface area (Å²) >= 11 is 7.01. The summed E-state index contributed by atoms with van der Waals surface area (Å²) in [7, 11) is 0. The summed E-state index contributed by atoms with van der Waals surface area (Å²) in [5.41, 5.74) is 2.00. The average Bonchev–Trinajstić information content (AvgIpc) is 3.48. The van der Waals surface area contributed by atoms with E-state index in [2.05, 4.69) is 5.32 Å². The van der Waals surface area contributed by atoms with Crippen LogP contribution >= 0.6 is 22.9 Å². The number of amides is 1. The number of nitriles is 1. The van der Waals surface area contributed by atoms with Gasteiger partial charge in [0.05, 0.1) is 0 Å². The third-order valence-electron chi connectivity index (χ3n) is 4.59. The van der Waals surface area contributed by atoms with E-state index in [-0.39, 0.29) is 16.1 Å². The molecule has 0 saturated heterocycles. The fraction of sp³-hybridized carbons (Fsp3) is 0.174. The molecule has 2 N–H and O–H groups in total. The number of hydrogen-bond donors (Lipinski definition) is 2. The monoisotopic (exact) mass is 438 g/mol. The van der Waals surface area contributed by atoms with Crippen LogP contribution in [0.25, 0.3) is 11.1 Å². The van der Waals surface area contributed by atoms with Gasteiger partial charge in [-0.1, -0.05) is 42.0 Å². The molecule has 5 nitrogen and oxygen atoms in total. The molecule has 0 aliphatic heterocycles. The van der Waals surface area contributed by atoms with Crippen LogP contribution in [0.3, 0.4) is 0 Å². The highest BCUT2D eigenvalue weighted by Crippen LogP contribution is 2.38. The second-order valence-corrected chi connectivity index (χ2v) is 8.07. The molecule has 1 aromatic carbocycles. The SMILES string of the molecule is C\C=C/C=C(/C=C(\C#N)C(=O)Nc1scc(-c2ccc(Cl)cc2)c1C(=O)O)C1CC1. The number of rotatable bonds is 7. The Morgan fingerprint density at radius 1 is 1.30 bits per heavy atom. The molecule has 152 valence electrons. The van der Waals surface area contributed by atoms with Gasteiger partial charge in [-0.3, -0.25) is 4.79 Å². The third-order valence-corrected chi connectivity index (χ3v) is 5.74. The van der Waals surface area contributed by atoms with Crippen molar-refractivity contribution in [2.24, 2.45) is 5.92 Å². The molecule has 0 atom stereocenters. The minimum absolute atomic E-state index is 0.0140. The molecule has 0 radical (unpaired) electrons. The summed E-state index contributed by atoms with van der Waals surface area (Å²) < 4.78 is 0. The molecule has 3 rings (SSSR count). The van der Waals surface area contributed by atoms with Crippen LogP contribution in [-0.2, 0) is 4.79 Å². The number of hydrogen-bond acceptors (Lipinski definition) is 4. The topological polar surface area (TPSA) is 90.2 Å². The van der Waals surface area contributed by atoms with Gasteiger partial charge in [-0.15, -0.1) is 11.3 Å². The van der Waals surface area contributed by atoms with E-state index in [9.17, 15) is 20.0 Å². The number of allylic oxidation sites excluding steroid dienone is 5. The van der Waals surface area contributed by atoms with Gasteiger partial charge in [0.1, 0.15) is 22.2 Å². The molecule has 0 unspecified atom stereocenters. The number of benzene rings is 1. The van der Waals surface area contributed by atoms with Gasteiger partial charge in [-0.05, 0) is 55.0 Å². The van der Waals surface area contributed by atoms with Crippen molar-refractivity contribution >= 4 is 39.8 Å². The van der Waals surface area contributed by atoms with Crippen molar-refractivity contribution in [2.45, 2.75) is 19.8 Å². The van der Waals surface area contributed by atoms with Crippen molar-refractivity contribution in [3.63, 3.8) is 0 Å². The predicted molar refractivity (Wildman–Crippen MR) is 120 cm³/mol. The summed E-state index contributed by atoms with van der Waals surface area (Å²) in [6.07, 6.45) is 9.29. The molecule has 1 heterocycles. The molecular formula is C23H19ClN2O3S. The van der Waals surface area contributed by atoms with Crippen LogP contribution in [0, 0.1) is 17.2 Å². The predicted octanol–water partition coefficient (Wildman–Crippen LogP) is 6.07. The number of carbonyl (C=O) groups excluding carboxylic acids is 1. The van der Waals surface area contributed by atoms with Crippen molar-refractivity contribution in [3.05, 3.63) is 75.7 Å². The maximum atomic E-state index is 12.7. The molecule has 2 aromatic rings. The molecule has 1 amide bonds. The Morgan fingerprint density at radius 2 is 2.00 bits per heavy atom. The van der Waals surface area contributed by atoms with Crippen LogP contribution in [0.1, 0.15) is 30.1 Å². The minimum atomic E-state index is -1.16. The number of carbonyl (C=O) groups is 2. The number of aromatic carboxylic acids is 1. The Kier molecular flexibility index (Phi) is 6.88. The molecular weight excluding hydrogens is 420 g/mol. The number of carboxylic acid groups (broad SMARTS) is 1. The quantitative estimate of drug-likeness (QED) is 0.312. The summed E-state index contributed by atoms with van der Waals surface area (Å²) in [6, 6.07) is 8.71. The van der Waals surface area contributed by atoms with Crippen LogP contribution in [0.5, 0.6) is 0 Å². The van der Waals surface area contributed by atoms with Crippen LogP contribution in [0.15, 0.2) is 65.1 Å². The Balaban J connectivity index is 1.90. The summed E-state index contributed by atoms with van der Waals surface area (Å²) in [4.78, 5) is 24.6. The zero-order chi connectivity index (χ0) is 21.7. The number of nitrogens with one attached hydrogen (secondary N) is 1. The number of thiophene rings is 1. The van der Waals surface area contributed by atoms with E-state index in [1.165, 1.54) is 0 Å². The largest absolute Gasteiger partial charge is 0.478 e. The van der Waals surface area contributed by atoms with Gasteiger partial charge in [0.25, 0.3) is 5.91 Å². The molecule has 1 aliphatic carbocycles. The first-order valence-corrected chi connectivity index (χ1v) is 10.6. The summed E-state index contributed by atoms with van der Waals surface area (Å²) in [6.45, 7) is 1.89. The van der Waals surface area contributed by atoms with Crippen LogP contribution in [0.4, 0.5) is 5.00 Å². The van der Waals surface area contributed by atoms with Crippen molar-refractivity contribution in [3.8, 4) is 17.2 Å². The second-order valence-electron chi connectivity index (χ2n) is 6.76. The molecule has 1 aliphatic rings. The van der Waals surface area contributed by atoms with Crippen LogP contribution in [-0.4, -0.2) is 17.0 Å². The van der Waals surface area contributed by atoms with Gasteiger partial charge in [-0.2, -0.15) is 5.26 Å². The molecule has 1 fully saturated rings. The molecule has 1 aromatic heterocycles. The lowest BCUT2D eigenvalue weighted by Gasteiger charge is -2.06. The van der Waals surface area contributed by atoms with E-state index in [0.29, 0.717) is 22.1 Å². The first-order chi connectivity index (χ1) is 14.4. The number of nitrogens with zero attached hydrogens (tertiary/aromatic N) is 1. The number of carboxylic acids is 1. The lowest BCUT2D eigenvalue weighted by Crippen LogP contribution is -2.15. The third kappa shape index (κ3) is 5.07. The van der Waals surface area contributed by atoms with E-state index in [0.717, 1.165) is 29.8 Å². The molecule has 0 bridgehead atoms. The Bertz CT molecular complexity index is 1100. The highest BCUT2D eigenvalue weighted by Gasteiger charge is 2.26. The van der Waals surface area contributed by atoms with Gasteiger partial charge in [0.2, 0.25) is 0 Å². The van der Waals surface area contributed by atoms with E-state index >= 15 is 0 Å². The fourth-order valence-electron chi connectivity index (χ4n) is 2.92. The Hall–Kier alpha value is -3.14. The Morgan fingerprint density at radius 3 is 2.57 bits per heavy atom. The van der Waals surface area contributed by atoms with Crippen LogP contribution in [0.2, 0.25) is 5.02 Å². The summed E-state index contributed by atoms with van der Waals surface area (Å²) in [5.74, 6) is -1.44. The highest BCUT2D eigenvalue weighted by atomic mass is 35.5. The maximum absolute atomic E-state index is 12.7. The molecule has 7 heteroatoms. The van der Waals surface area contributed by atoms with E-state index in [1.54, 1.807) is 35.7 Å². The number of anilines is 1. The van der Waals surface area contributed by atoms with E-state index in [1.807, 2.05) is 31.2 Å². The first kappa shape index (κ1) is 21.6. The highest BCUT2D eigenvalue weighted by molar-refractivity contribution is 7.15. The molecule has 0 spiro atoms. The van der Waals surface area contributed by atoms with Crippen molar-refractivity contribution in [1.29, 1.82) is 5.26 Å². The standard InChI is InChI=1S/C23H19ClN2O3S/c1-2-3-4-16(14-5-6-14)11-17(12-25)21(27)26-22-20(23(28)29)19(13-30-22)15-7-9-18(24)10-8-15/h2-4,7-11,13-14H,5-6H2,1H3,(H,26,27)(H,28,29)/b3-2-,16-4-,17-11+. The second kappa shape index (κ2) is 9.57. The van der Waals surface area contributed by atoms with Gasteiger partial charge >= 0.3 is 5.97 Å². The van der Waals surface area contributed by atoms with Gasteiger partial charge < -0.3 is 10.4 Å².